The molecule has 208 valence electrons. The molecule has 2 heterocycles. The topological polar surface area (TPSA) is 101 Å². The van der Waals surface area contributed by atoms with E-state index in [9.17, 15) is 14.4 Å². The van der Waals surface area contributed by atoms with E-state index >= 15 is 0 Å². The summed E-state index contributed by atoms with van der Waals surface area (Å²) in [6.07, 6.45) is 5.61. The van der Waals surface area contributed by atoms with Gasteiger partial charge in [-0.15, -0.1) is 0 Å². The highest BCUT2D eigenvalue weighted by Crippen LogP contribution is 2.63. The standard InChI is InChI=1S/C34H28N4O4/c1-2-19-42-23-13-11-22(12-14-23)38-32(40)29-28-24-7-3-5-9-26(24)34(30(29)33(38)41,27-10-6-4-8-25(27)28)20-36-37-31(39)21-15-17-35-18-16-21/h3-18,20,28-30H,2,19H2,1H3,(H,37,39)/b36-20-/t28?,29-,30-,34?/m0/s1. The van der Waals surface area contributed by atoms with E-state index in [-0.39, 0.29) is 17.7 Å². The number of nitrogens with zero attached hydrogens (tertiary/aromatic N) is 3. The molecule has 8 rings (SSSR count). The van der Waals surface area contributed by atoms with Crippen molar-refractivity contribution in [3.05, 3.63) is 125 Å². The third-order valence-electron chi connectivity index (χ3n) is 8.63. The van der Waals surface area contributed by atoms with E-state index in [0.717, 1.165) is 28.7 Å². The zero-order chi connectivity index (χ0) is 28.8. The summed E-state index contributed by atoms with van der Waals surface area (Å²) in [5.41, 5.74) is 6.32. The lowest BCUT2D eigenvalue weighted by molar-refractivity contribution is -0.122. The molecule has 0 spiro atoms. The number of pyridine rings is 1. The van der Waals surface area contributed by atoms with Crippen molar-refractivity contribution in [3.63, 3.8) is 0 Å². The van der Waals surface area contributed by atoms with Gasteiger partial charge in [-0.3, -0.25) is 19.4 Å². The Bertz CT molecular complexity index is 1690. The van der Waals surface area contributed by atoms with Gasteiger partial charge in [-0.25, -0.2) is 10.3 Å². The number of rotatable bonds is 7. The van der Waals surface area contributed by atoms with Crippen LogP contribution >= 0.6 is 0 Å². The van der Waals surface area contributed by atoms with Crippen LogP contribution in [0.3, 0.4) is 0 Å². The molecule has 3 aromatic carbocycles. The molecule has 1 saturated heterocycles. The summed E-state index contributed by atoms with van der Waals surface area (Å²) in [5, 5.41) is 4.45. The monoisotopic (exact) mass is 556 g/mol. The Balaban J connectivity index is 1.35. The smallest absolute Gasteiger partial charge is 0.271 e. The van der Waals surface area contributed by atoms with Crippen molar-refractivity contribution in [1.82, 2.24) is 10.4 Å². The Morgan fingerprint density at radius 1 is 0.929 bits per heavy atom. The first-order valence-electron chi connectivity index (χ1n) is 14.1. The molecule has 0 saturated carbocycles. The molecule has 0 unspecified atom stereocenters. The second-order valence-corrected chi connectivity index (χ2v) is 10.8. The predicted octanol–water partition coefficient (Wildman–Crippen LogP) is 4.84. The fourth-order valence-electron chi connectivity index (χ4n) is 6.98. The molecule has 3 aliphatic carbocycles. The van der Waals surface area contributed by atoms with Gasteiger partial charge in [0.1, 0.15) is 5.75 Å². The summed E-state index contributed by atoms with van der Waals surface area (Å²) < 4.78 is 5.72. The number of carbonyl (C=O) groups excluding carboxylic acids is 3. The molecule has 42 heavy (non-hydrogen) atoms. The highest BCUT2D eigenvalue weighted by Gasteiger charge is 2.68. The first kappa shape index (κ1) is 25.8. The number of carbonyl (C=O) groups is 3. The van der Waals surface area contributed by atoms with Crippen molar-refractivity contribution in [2.45, 2.75) is 24.7 Å². The van der Waals surface area contributed by atoms with Crippen LogP contribution in [0.25, 0.3) is 0 Å². The Hall–Kier alpha value is -5.11. The summed E-state index contributed by atoms with van der Waals surface area (Å²) >= 11 is 0. The summed E-state index contributed by atoms with van der Waals surface area (Å²) in [4.78, 5) is 46.9. The van der Waals surface area contributed by atoms with E-state index in [1.165, 1.54) is 17.3 Å². The minimum absolute atomic E-state index is 0.236. The van der Waals surface area contributed by atoms with Gasteiger partial charge in [-0.2, -0.15) is 5.10 Å². The molecule has 3 amide bonds. The molecule has 1 aliphatic heterocycles. The summed E-state index contributed by atoms with van der Waals surface area (Å²) in [5.74, 6) is -1.87. The van der Waals surface area contributed by atoms with Crippen LogP contribution in [0, 0.1) is 11.8 Å². The quantitative estimate of drug-likeness (QED) is 0.200. The molecule has 1 aromatic heterocycles. The lowest BCUT2D eigenvalue weighted by Crippen LogP contribution is -2.54. The van der Waals surface area contributed by atoms with Gasteiger partial charge in [0.15, 0.2) is 0 Å². The summed E-state index contributed by atoms with van der Waals surface area (Å²) in [6.45, 7) is 2.62. The molecule has 4 aromatic rings. The fraction of sp³-hybridized carbons (Fsp3) is 0.206. The number of hydrogen-bond donors (Lipinski definition) is 1. The Morgan fingerprint density at radius 3 is 2.21 bits per heavy atom. The van der Waals surface area contributed by atoms with Gasteiger partial charge in [0.25, 0.3) is 5.91 Å². The SMILES string of the molecule is CCCOc1ccc(N2C(=O)[C@@H]3[C@@H](C2=O)C2c4ccccc4C3(/C=N\NC(=O)c3ccncc3)c3ccccc32)cc1. The van der Waals surface area contributed by atoms with Crippen LogP contribution < -0.4 is 15.1 Å². The van der Waals surface area contributed by atoms with Gasteiger partial charge in [-0.1, -0.05) is 55.5 Å². The fourth-order valence-corrected chi connectivity index (χ4v) is 6.98. The van der Waals surface area contributed by atoms with Gasteiger partial charge in [0, 0.05) is 30.1 Å². The van der Waals surface area contributed by atoms with Crippen LogP contribution in [0.5, 0.6) is 5.75 Å². The van der Waals surface area contributed by atoms with Crippen molar-refractivity contribution in [2.24, 2.45) is 16.9 Å². The number of hydrogen-bond acceptors (Lipinski definition) is 6. The molecule has 1 fully saturated rings. The summed E-state index contributed by atoms with van der Waals surface area (Å²) in [7, 11) is 0. The average Bonchev–Trinajstić information content (AvgIpc) is 3.31. The minimum Gasteiger partial charge on any atom is -0.494 e. The van der Waals surface area contributed by atoms with Crippen LogP contribution in [-0.2, 0) is 15.0 Å². The van der Waals surface area contributed by atoms with E-state index in [1.54, 1.807) is 42.6 Å². The van der Waals surface area contributed by atoms with Crippen molar-refractivity contribution in [1.29, 1.82) is 0 Å². The van der Waals surface area contributed by atoms with Crippen LogP contribution in [-0.4, -0.2) is 35.5 Å². The van der Waals surface area contributed by atoms with Gasteiger partial charge >= 0.3 is 0 Å². The van der Waals surface area contributed by atoms with Crippen LogP contribution in [0.15, 0.2) is 102 Å². The van der Waals surface area contributed by atoms with Gasteiger partial charge < -0.3 is 4.74 Å². The van der Waals surface area contributed by atoms with E-state index in [1.807, 2.05) is 55.5 Å². The van der Waals surface area contributed by atoms with Crippen molar-refractivity contribution in [3.8, 4) is 5.75 Å². The molecular formula is C34H28N4O4. The lowest BCUT2D eigenvalue weighted by Gasteiger charge is -2.52. The van der Waals surface area contributed by atoms with Gasteiger partial charge in [-0.05, 0) is 65.1 Å². The number of ether oxygens (including phenoxy) is 1. The predicted molar refractivity (Wildman–Crippen MR) is 157 cm³/mol. The second kappa shape index (κ2) is 10.1. The number of nitrogens with one attached hydrogen (secondary N) is 1. The van der Waals surface area contributed by atoms with Gasteiger partial charge in [0.05, 0.1) is 29.5 Å². The van der Waals surface area contributed by atoms with Crippen molar-refractivity contribution >= 4 is 29.6 Å². The number of aromatic nitrogens is 1. The lowest BCUT2D eigenvalue weighted by atomic mass is 9.47. The zero-order valence-electron chi connectivity index (χ0n) is 22.9. The number of imide groups is 1. The van der Waals surface area contributed by atoms with Crippen LogP contribution in [0.2, 0.25) is 0 Å². The van der Waals surface area contributed by atoms with E-state index in [0.29, 0.717) is 23.6 Å². The molecule has 1 N–H and O–H groups in total. The third-order valence-corrected chi connectivity index (χ3v) is 8.63. The number of benzene rings is 3. The van der Waals surface area contributed by atoms with Crippen molar-refractivity contribution in [2.75, 3.05) is 11.5 Å². The Labute approximate surface area is 243 Å². The average molecular weight is 557 g/mol. The van der Waals surface area contributed by atoms with Gasteiger partial charge in [0.2, 0.25) is 11.8 Å². The van der Waals surface area contributed by atoms with Crippen LogP contribution in [0.1, 0.15) is 51.9 Å². The molecule has 0 radical (unpaired) electrons. The van der Waals surface area contributed by atoms with Crippen LogP contribution in [0.4, 0.5) is 5.69 Å². The second-order valence-electron chi connectivity index (χ2n) is 10.8. The molecule has 8 nitrogen and oxygen atoms in total. The van der Waals surface area contributed by atoms with E-state index in [4.69, 9.17) is 4.74 Å². The van der Waals surface area contributed by atoms with Crippen molar-refractivity contribution < 1.29 is 19.1 Å². The van der Waals surface area contributed by atoms with E-state index < -0.39 is 23.2 Å². The highest BCUT2D eigenvalue weighted by atomic mass is 16.5. The first-order chi connectivity index (χ1) is 20.6. The van der Waals surface area contributed by atoms with E-state index in [2.05, 4.69) is 15.5 Å². The molecule has 2 bridgehead atoms. The maximum atomic E-state index is 14.5. The highest BCUT2D eigenvalue weighted by molar-refractivity contribution is 6.25. The number of anilines is 1. The number of amides is 3. The third kappa shape index (κ3) is 3.71. The molecular weight excluding hydrogens is 528 g/mol. The maximum Gasteiger partial charge on any atom is 0.271 e. The molecule has 4 aliphatic rings. The Morgan fingerprint density at radius 2 is 1.57 bits per heavy atom. The maximum absolute atomic E-state index is 14.5. The molecule has 8 heteroatoms. The minimum atomic E-state index is -1.07. The largest absolute Gasteiger partial charge is 0.494 e. The summed E-state index contributed by atoms with van der Waals surface area (Å²) in [6, 6.07) is 26.2. The number of hydrazone groups is 1. The first-order valence-corrected chi connectivity index (χ1v) is 14.1. The Kier molecular flexibility index (Phi) is 6.19. The molecule has 2 atom stereocenters. The normalized spacial score (nSPS) is 23.5. The zero-order valence-corrected chi connectivity index (χ0v) is 22.9.